The number of halogens is 1. The summed E-state index contributed by atoms with van der Waals surface area (Å²) in [6.07, 6.45) is 3.78. The molecule has 0 amide bonds. The van der Waals surface area contributed by atoms with E-state index in [0.717, 1.165) is 29.4 Å². The number of benzene rings is 1. The lowest BCUT2D eigenvalue weighted by Gasteiger charge is -2.29. The second-order valence-electron chi connectivity index (χ2n) is 4.83. The molecule has 2 heterocycles. The van der Waals surface area contributed by atoms with Crippen molar-refractivity contribution < 1.29 is 4.52 Å². The molecule has 19 heavy (non-hydrogen) atoms. The number of rotatable bonds is 2. The van der Waals surface area contributed by atoms with Crippen molar-refractivity contribution in [3.05, 3.63) is 29.3 Å². The highest BCUT2D eigenvalue weighted by molar-refractivity contribution is 6.33. The van der Waals surface area contributed by atoms with Gasteiger partial charge in [-0.05, 0) is 31.4 Å². The molecule has 2 aromatic rings. The summed E-state index contributed by atoms with van der Waals surface area (Å²) in [7, 11) is 0. The lowest BCUT2D eigenvalue weighted by molar-refractivity contribution is 0.439. The van der Waals surface area contributed by atoms with Crippen LogP contribution >= 0.6 is 11.6 Å². The molecule has 0 saturated carbocycles. The van der Waals surface area contributed by atoms with Crippen LogP contribution < -0.4 is 10.6 Å². The lowest BCUT2D eigenvalue weighted by Crippen LogP contribution is -2.29. The molecule has 0 bridgehead atoms. The third-order valence-corrected chi connectivity index (χ3v) is 3.77. The maximum Gasteiger partial charge on any atom is 0.222 e. The van der Waals surface area contributed by atoms with Crippen molar-refractivity contribution in [1.29, 1.82) is 0 Å². The van der Waals surface area contributed by atoms with E-state index in [0.29, 0.717) is 11.6 Å². The number of nitrogen functional groups attached to an aromatic ring is 1. The first-order valence-electron chi connectivity index (χ1n) is 6.51. The maximum atomic E-state index is 6.39. The highest BCUT2D eigenvalue weighted by atomic mass is 35.5. The van der Waals surface area contributed by atoms with Gasteiger partial charge in [-0.3, -0.25) is 0 Å². The Hall–Kier alpha value is -1.68. The van der Waals surface area contributed by atoms with Gasteiger partial charge in [0.1, 0.15) is 5.69 Å². The molecule has 3 rings (SSSR count). The molecule has 1 aromatic carbocycles. The molecule has 0 atom stereocenters. The molecule has 5 heteroatoms. The van der Waals surface area contributed by atoms with Crippen molar-refractivity contribution >= 4 is 23.2 Å². The van der Waals surface area contributed by atoms with Crippen molar-refractivity contribution in [3.8, 4) is 11.3 Å². The van der Waals surface area contributed by atoms with Crippen LogP contribution in [-0.4, -0.2) is 18.2 Å². The molecule has 1 saturated heterocycles. The second kappa shape index (κ2) is 5.13. The third kappa shape index (κ3) is 2.54. The molecule has 2 N–H and O–H groups in total. The van der Waals surface area contributed by atoms with E-state index in [1.165, 1.54) is 19.3 Å². The Morgan fingerprint density at radius 3 is 2.58 bits per heavy atom. The Morgan fingerprint density at radius 2 is 1.95 bits per heavy atom. The number of anilines is 2. The topological polar surface area (TPSA) is 55.3 Å². The minimum absolute atomic E-state index is 0.311. The molecule has 0 radical (unpaired) electrons. The Balaban J connectivity index is 1.89. The first-order chi connectivity index (χ1) is 9.24. The van der Waals surface area contributed by atoms with E-state index in [9.17, 15) is 0 Å². The summed E-state index contributed by atoms with van der Waals surface area (Å²) in [6.45, 7) is 2.16. The van der Waals surface area contributed by atoms with Crippen molar-refractivity contribution in [2.75, 3.05) is 23.7 Å². The summed E-state index contributed by atoms with van der Waals surface area (Å²) in [5.74, 6) is 0.311. The molecule has 0 spiro atoms. The molecule has 1 fully saturated rings. The van der Waals surface area contributed by atoms with Gasteiger partial charge in [0.25, 0.3) is 0 Å². The average Bonchev–Trinajstić information content (AvgIpc) is 2.86. The average molecular weight is 278 g/mol. The number of nitrogens with zero attached hydrogens (tertiary/aromatic N) is 2. The summed E-state index contributed by atoms with van der Waals surface area (Å²) in [5, 5.41) is 4.65. The predicted molar refractivity (Wildman–Crippen MR) is 77.4 cm³/mol. The maximum absolute atomic E-state index is 6.39. The number of aromatic nitrogens is 1. The molecule has 1 aliphatic rings. The standard InChI is InChI=1S/C14H16ClN3O/c15-11-8-10(12-9-14(16)19-17-12)4-5-13(11)18-6-2-1-3-7-18/h4-5,8-9H,1-3,6-7,16H2. The first kappa shape index (κ1) is 12.4. The monoisotopic (exact) mass is 277 g/mol. The van der Waals surface area contributed by atoms with E-state index < -0.39 is 0 Å². The van der Waals surface area contributed by atoms with E-state index in [-0.39, 0.29) is 0 Å². The van der Waals surface area contributed by atoms with E-state index in [2.05, 4.69) is 10.1 Å². The first-order valence-corrected chi connectivity index (χ1v) is 6.89. The van der Waals surface area contributed by atoms with Gasteiger partial charge >= 0.3 is 0 Å². The molecular formula is C14H16ClN3O. The van der Waals surface area contributed by atoms with Crippen LogP contribution in [0.25, 0.3) is 11.3 Å². The number of hydrogen-bond donors (Lipinski definition) is 1. The highest BCUT2D eigenvalue weighted by Crippen LogP contribution is 2.32. The van der Waals surface area contributed by atoms with Crippen LogP contribution in [-0.2, 0) is 0 Å². The van der Waals surface area contributed by atoms with Crippen LogP contribution in [0.2, 0.25) is 5.02 Å². The summed E-state index contributed by atoms with van der Waals surface area (Å²) in [5.41, 5.74) is 8.26. The normalized spacial score (nSPS) is 15.7. The van der Waals surface area contributed by atoms with Crippen molar-refractivity contribution in [2.45, 2.75) is 19.3 Å². The Labute approximate surface area is 117 Å². The zero-order valence-electron chi connectivity index (χ0n) is 10.6. The molecule has 0 unspecified atom stereocenters. The van der Waals surface area contributed by atoms with Gasteiger partial charge in [0, 0.05) is 24.7 Å². The van der Waals surface area contributed by atoms with Crippen molar-refractivity contribution in [1.82, 2.24) is 5.16 Å². The van der Waals surface area contributed by atoms with Crippen LogP contribution in [0.15, 0.2) is 28.8 Å². The molecule has 1 aliphatic heterocycles. The summed E-state index contributed by atoms with van der Waals surface area (Å²) < 4.78 is 4.88. The lowest BCUT2D eigenvalue weighted by atomic mass is 10.1. The number of nitrogens with two attached hydrogens (primary N) is 1. The fourth-order valence-electron chi connectivity index (χ4n) is 2.48. The van der Waals surface area contributed by atoms with Gasteiger partial charge < -0.3 is 15.2 Å². The minimum Gasteiger partial charge on any atom is -0.370 e. The van der Waals surface area contributed by atoms with Crippen molar-refractivity contribution in [3.63, 3.8) is 0 Å². The van der Waals surface area contributed by atoms with Gasteiger partial charge in [-0.25, -0.2) is 0 Å². The van der Waals surface area contributed by atoms with Gasteiger partial charge in [-0.15, -0.1) is 0 Å². The zero-order valence-corrected chi connectivity index (χ0v) is 11.4. The fraction of sp³-hybridized carbons (Fsp3) is 0.357. The summed E-state index contributed by atoms with van der Waals surface area (Å²) in [6, 6.07) is 7.68. The predicted octanol–water partition coefficient (Wildman–Crippen LogP) is 3.57. The SMILES string of the molecule is Nc1cc(-c2ccc(N3CCCCC3)c(Cl)c2)no1. The van der Waals surface area contributed by atoms with E-state index in [4.69, 9.17) is 21.9 Å². The Morgan fingerprint density at radius 1 is 1.16 bits per heavy atom. The van der Waals surface area contributed by atoms with Crippen LogP contribution in [0.3, 0.4) is 0 Å². The minimum atomic E-state index is 0.311. The Bertz CT molecular complexity index is 576. The quantitative estimate of drug-likeness (QED) is 0.912. The number of piperidine rings is 1. The smallest absolute Gasteiger partial charge is 0.222 e. The fourth-order valence-corrected chi connectivity index (χ4v) is 2.78. The highest BCUT2D eigenvalue weighted by Gasteiger charge is 2.15. The van der Waals surface area contributed by atoms with Crippen LogP contribution in [0.4, 0.5) is 11.6 Å². The van der Waals surface area contributed by atoms with Gasteiger partial charge in [-0.1, -0.05) is 22.8 Å². The van der Waals surface area contributed by atoms with E-state index >= 15 is 0 Å². The van der Waals surface area contributed by atoms with Gasteiger partial charge in [0.05, 0.1) is 10.7 Å². The third-order valence-electron chi connectivity index (χ3n) is 3.47. The van der Waals surface area contributed by atoms with Crippen LogP contribution in [0, 0.1) is 0 Å². The van der Waals surface area contributed by atoms with Crippen LogP contribution in [0.5, 0.6) is 0 Å². The van der Waals surface area contributed by atoms with Gasteiger partial charge in [0.2, 0.25) is 5.88 Å². The van der Waals surface area contributed by atoms with Gasteiger partial charge in [0.15, 0.2) is 0 Å². The molecular weight excluding hydrogens is 262 g/mol. The number of hydrogen-bond acceptors (Lipinski definition) is 4. The molecule has 1 aromatic heterocycles. The molecule has 100 valence electrons. The molecule has 4 nitrogen and oxygen atoms in total. The second-order valence-corrected chi connectivity index (χ2v) is 5.24. The van der Waals surface area contributed by atoms with E-state index in [1.807, 2.05) is 18.2 Å². The van der Waals surface area contributed by atoms with Crippen molar-refractivity contribution in [2.24, 2.45) is 0 Å². The largest absolute Gasteiger partial charge is 0.370 e. The Kier molecular flexibility index (Phi) is 3.34. The van der Waals surface area contributed by atoms with Gasteiger partial charge in [-0.2, -0.15) is 0 Å². The summed E-state index contributed by atoms with van der Waals surface area (Å²) >= 11 is 6.39. The summed E-state index contributed by atoms with van der Waals surface area (Å²) in [4.78, 5) is 2.34. The van der Waals surface area contributed by atoms with E-state index in [1.54, 1.807) is 6.07 Å². The van der Waals surface area contributed by atoms with Crippen LogP contribution in [0.1, 0.15) is 19.3 Å². The zero-order chi connectivity index (χ0) is 13.2. The molecule has 0 aliphatic carbocycles.